The van der Waals surface area contributed by atoms with Crippen LogP contribution >= 0.6 is 0 Å². The number of aromatic nitrogens is 1. The molecular formula is C32H32N2O5. The van der Waals surface area contributed by atoms with Gasteiger partial charge in [0, 0.05) is 23.7 Å². The molecule has 1 heterocycles. The first-order valence-electron chi connectivity index (χ1n) is 13.0. The van der Waals surface area contributed by atoms with Crippen molar-refractivity contribution < 1.29 is 24.3 Å². The second-order valence-corrected chi connectivity index (χ2v) is 10.4. The van der Waals surface area contributed by atoms with Gasteiger partial charge in [-0.3, -0.25) is 0 Å². The van der Waals surface area contributed by atoms with E-state index < -0.39 is 12.1 Å². The lowest BCUT2D eigenvalue weighted by Gasteiger charge is -2.29. The number of carbonyl (C=O) groups is 1. The molecule has 0 saturated heterocycles. The number of aromatic carboxylic acids is 1. The van der Waals surface area contributed by atoms with Gasteiger partial charge in [-0.25, -0.2) is 4.79 Å². The molecule has 0 fully saturated rings. The van der Waals surface area contributed by atoms with Crippen molar-refractivity contribution in [3.63, 3.8) is 0 Å². The number of allylic oxidation sites excluding steroid dienone is 1. The van der Waals surface area contributed by atoms with Crippen molar-refractivity contribution >= 4 is 11.5 Å². The SMILES string of the molecule is CC(C)(CC1=CCc2c1cccc2-c1ccc(C(=O)O)cc1)NC[C@H](O)COc1ccccc1-c1ccon1. The van der Waals surface area contributed by atoms with Crippen LogP contribution in [0.5, 0.6) is 5.75 Å². The zero-order chi connectivity index (χ0) is 27.4. The zero-order valence-electron chi connectivity index (χ0n) is 22.1. The normalized spacial score (nSPS) is 13.6. The number of aliphatic hydroxyl groups is 1. The molecule has 3 N–H and O–H groups in total. The Morgan fingerprint density at radius 3 is 2.51 bits per heavy atom. The number of benzene rings is 3. The van der Waals surface area contributed by atoms with Crippen LogP contribution in [0.2, 0.25) is 0 Å². The number of rotatable bonds is 11. The first kappa shape index (κ1) is 26.4. The predicted octanol–water partition coefficient (Wildman–Crippen LogP) is 5.84. The Bertz CT molecular complexity index is 1470. The van der Waals surface area contributed by atoms with Crippen LogP contribution in [0.3, 0.4) is 0 Å². The van der Waals surface area contributed by atoms with Gasteiger partial charge in [0.05, 0.1) is 5.56 Å². The Morgan fingerprint density at radius 2 is 1.77 bits per heavy atom. The van der Waals surface area contributed by atoms with E-state index >= 15 is 0 Å². The van der Waals surface area contributed by atoms with Crippen LogP contribution in [0.4, 0.5) is 0 Å². The van der Waals surface area contributed by atoms with E-state index in [1.165, 1.54) is 23.0 Å². The van der Waals surface area contributed by atoms with Crippen molar-refractivity contribution in [3.8, 4) is 28.1 Å². The molecule has 0 amide bonds. The van der Waals surface area contributed by atoms with Crippen molar-refractivity contribution in [2.75, 3.05) is 13.2 Å². The van der Waals surface area contributed by atoms with Crippen molar-refractivity contribution in [2.24, 2.45) is 0 Å². The van der Waals surface area contributed by atoms with E-state index in [1.807, 2.05) is 36.4 Å². The van der Waals surface area contributed by atoms with Crippen LogP contribution in [0, 0.1) is 0 Å². The van der Waals surface area contributed by atoms with E-state index in [0.29, 0.717) is 18.0 Å². The van der Waals surface area contributed by atoms with Crippen LogP contribution in [0.1, 0.15) is 41.8 Å². The highest BCUT2D eigenvalue weighted by Gasteiger charge is 2.26. The summed E-state index contributed by atoms with van der Waals surface area (Å²) in [6, 6.07) is 22.7. The van der Waals surface area contributed by atoms with Crippen molar-refractivity contribution in [3.05, 3.63) is 102 Å². The second-order valence-electron chi connectivity index (χ2n) is 10.4. The highest BCUT2D eigenvalue weighted by molar-refractivity contribution is 5.89. The molecule has 0 unspecified atom stereocenters. The van der Waals surface area contributed by atoms with Crippen molar-refractivity contribution in [2.45, 2.75) is 38.3 Å². The first-order valence-corrected chi connectivity index (χ1v) is 13.0. The van der Waals surface area contributed by atoms with Gasteiger partial charge in [0.25, 0.3) is 0 Å². The number of β-amino-alcohol motifs (C(OH)–C–C–N with tert-alkyl or cyclic N) is 1. The number of nitrogens with one attached hydrogen (secondary N) is 1. The minimum absolute atomic E-state index is 0.146. The Kier molecular flexibility index (Phi) is 7.63. The summed E-state index contributed by atoms with van der Waals surface area (Å²) in [5.41, 5.74) is 7.40. The third-order valence-corrected chi connectivity index (χ3v) is 7.00. The van der Waals surface area contributed by atoms with E-state index in [1.54, 1.807) is 18.2 Å². The number of aliphatic hydroxyl groups excluding tert-OH is 1. The molecule has 0 saturated carbocycles. The van der Waals surface area contributed by atoms with Gasteiger partial charge in [0.2, 0.25) is 0 Å². The van der Waals surface area contributed by atoms with Crippen LogP contribution in [-0.4, -0.2) is 46.1 Å². The molecule has 0 aliphatic heterocycles. The number of hydrogen-bond acceptors (Lipinski definition) is 6. The summed E-state index contributed by atoms with van der Waals surface area (Å²) in [7, 11) is 0. The highest BCUT2D eigenvalue weighted by atomic mass is 16.5. The number of nitrogens with zero attached hydrogens (tertiary/aromatic N) is 1. The molecule has 3 aromatic carbocycles. The van der Waals surface area contributed by atoms with Crippen LogP contribution in [-0.2, 0) is 6.42 Å². The van der Waals surface area contributed by atoms with Crippen LogP contribution in [0.25, 0.3) is 28.0 Å². The minimum Gasteiger partial charge on any atom is -0.490 e. The Balaban J connectivity index is 1.19. The lowest BCUT2D eigenvalue weighted by atomic mass is 9.89. The average molecular weight is 525 g/mol. The Hall–Kier alpha value is -4.20. The summed E-state index contributed by atoms with van der Waals surface area (Å²) >= 11 is 0. The van der Waals surface area contributed by atoms with Gasteiger partial charge in [-0.05, 0) is 78.8 Å². The molecule has 5 rings (SSSR count). The summed E-state index contributed by atoms with van der Waals surface area (Å²) in [6.45, 7) is 4.80. The molecule has 0 radical (unpaired) electrons. The lowest BCUT2D eigenvalue weighted by molar-refractivity contribution is 0.0697. The number of para-hydroxylation sites is 1. The molecule has 200 valence electrons. The molecule has 4 aromatic rings. The fourth-order valence-corrected chi connectivity index (χ4v) is 5.01. The van der Waals surface area contributed by atoms with Gasteiger partial charge in [-0.1, -0.05) is 53.7 Å². The molecule has 0 spiro atoms. The van der Waals surface area contributed by atoms with Gasteiger partial charge < -0.3 is 24.8 Å². The summed E-state index contributed by atoms with van der Waals surface area (Å²) in [4.78, 5) is 11.2. The fraction of sp³-hybridized carbons (Fsp3) is 0.250. The quantitative estimate of drug-likeness (QED) is 0.226. The van der Waals surface area contributed by atoms with Gasteiger partial charge >= 0.3 is 5.97 Å². The van der Waals surface area contributed by atoms with E-state index in [9.17, 15) is 15.0 Å². The fourth-order valence-electron chi connectivity index (χ4n) is 5.01. The smallest absolute Gasteiger partial charge is 0.335 e. The number of hydrogen-bond donors (Lipinski definition) is 3. The van der Waals surface area contributed by atoms with Gasteiger partial charge in [0.1, 0.15) is 30.4 Å². The molecule has 1 aromatic heterocycles. The van der Waals surface area contributed by atoms with Gasteiger partial charge in [-0.15, -0.1) is 0 Å². The molecule has 7 heteroatoms. The summed E-state index contributed by atoms with van der Waals surface area (Å²) in [6.07, 6.45) is 4.72. The van der Waals surface area contributed by atoms with E-state index in [2.05, 4.69) is 48.6 Å². The van der Waals surface area contributed by atoms with Crippen LogP contribution < -0.4 is 10.1 Å². The molecule has 7 nitrogen and oxygen atoms in total. The van der Waals surface area contributed by atoms with Crippen LogP contribution in [0.15, 0.2) is 89.7 Å². The molecule has 1 aliphatic rings. The van der Waals surface area contributed by atoms with E-state index in [4.69, 9.17) is 9.26 Å². The van der Waals surface area contributed by atoms with Gasteiger partial charge in [-0.2, -0.15) is 0 Å². The molecular weight excluding hydrogens is 492 g/mol. The van der Waals surface area contributed by atoms with Gasteiger partial charge in [0.15, 0.2) is 0 Å². The Morgan fingerprint density at radius 1 is 1.03 bits per heavy atom. The minimum atomic E-state index is -0.924. The topological polar surface area (TPSA) is 105 Å². The number of fused-ring (bicyclic) bond motifs is 1. The molecule has 1 aliphatic carbocycles. The maximum Gasteiger partial charge on any atom is 0.335 e. The largest absolute Gasteiger partial charge is 0.490 e. The lowest BCUT2D eigenvalue weighted by Crippen LogP contribution is -2.44. The predicted molar refractivity (Wildman–Crippen MR) is 151 cm³/mol. The number of carboxylic acid groups (broad SMARTS) is 1. The highest BCUT2D eigenvalue weighted by Crippen LogP contribution is 2.38. The van der Waals surface area contributed by atoms with E-state index in [0.717, 1.165) is 29.5 Å². The molecule has 0 bridgehead atoms. The average Bonchev–Trinajstić information content (AvgIpc) is 3.62. The molecule has 1 atom stereocenters. The maximum absolute atomic E-state index is 11.2. The summed E-state index contributed by atoms with van der Waals surface area (Å²) < 4.78 is 10.9. The zero-order valence-corrected chi connectivity index (χ0v) is 22.1. The third-order valence-electron chi connectivity index (χ3n) is 7.00. The number of ether oxygens (including phenoxy) is 1. The second kappa shape index (κ2) is 11.3. The van der Waals surface area contributed by atoms with E-state index in [-0.39, 0.29) is 17.7 Å². The Labute approximate surface area is 227 Å². The van der Waals surface area contributed by atoms with Crippen molar-refractivity contribution in [1.82, 2.24) is 10.5 Å². The summed E-state index contributed by atoms with van der Waals surface area (Å²) in [5.74, 6) is -0.280. The maximum atomic E-state index is 11.2. The number of carboxylic acids is 1. The molecule has 39 heavy (non-hydrogen) atoms. The summed E-state index contributed by atoms with van der Waals surface area (Å²) in [5, 5.41) is 27.4. The monoisotopic (exact) mass is 524 g/mol. The first-order chi connectivity index (χ1) is 18.8. The van der Waals surface area contributed by atoms with Crippen molar-refractivity contribution in [1.29, 1.82) is 0 Å². The standard InChI is InChI=1S/C32H32N2O5/c1-32(2,33-19-24(35)20-38-30-9-4-3-6-28(30)29-16-17-39-34-29)18-23-14-15-27-25(7-5-8-26(23)27)21-10-12-22(13-11-21)31(36)37/h3-14,16-17,24,33,35H,15,18-20H2,1-2H3,(H,36,37)/t24-/m0/s1. The third kappa shape index (κ3) is 6.11.